The minimum Gasteiger partial charge on any atom is -0.346 e. The fourth-order valence-corrected chi connectivity index (χ4v) is 3.14. The molecule has 0 aliphatic carbocycles. The summed E-state index contributed by atoms with van der Waals surface area (Å²) in [6.07, 6.45) is 8.31. The Balaban J connectivity index is 1.36. The first-order valence-corrected chi connectivity index (χ1v) is 9.51. The second-order valence-electron chi connectivity index (χ2n) is 6.68. The highest BCUT2D eigenvalue weighted by Crippen LogP contribution is 2.24. The van der Waals surface area contributed by atoms with Gasteiger partial charge in [0.05, 0.1) is 30.3 Å². The first-order chi connectivity index (χ1) is 15.3. The van der Waals surface area contributed by atoms with Gasteiger partial charge in [-0.3, -0.25) is 14.9 Å². The van der Waals surface area contributed by atoms with E-state index in [1.54, 1.807) is 47.5 Å². The van der Waals surface area contributed by atoms with Crippen LogP contribution in [0.3, 0.4) is 0 Å². The van der Waals surface area contributed by atoms with E-state index in [1.165, 1.54) is 6.33 Å². The lowest BCUT2D eigenvalue weighted by atomic mass is 10.2. The molecule has 4 heterocycles. The first kappa shape index (κ1) is 18.4. The van der Waals surface area contributed by atoms with Crippen molar-refractivity contribution in [3.05, 3.63) is 84.8 Å². The number of aromatic nitrogens is 7. The topological polar surface area (TPSA) is 126 Å². The summed E-state index contributed by atoms with van der Waals surface area (Å²) in [6.45, 7) is 0.356. The molecule has 5 rings (SSSR count). The molecule has 0 aliphatic rings. The lowest BCUT2D eigenvalue weighted by Gasteiger charge is -2.10. The number of benzene rings is 1. The summed E-state index contributed by atoms with van der Waals surface area (Å²) >= 11 is 0. The molecular weight excluding hydrogens is 394 g/mol. The number of rotatable bonds is 6. The standard InChI is InChI=1S/C21H17N9O/c31-21(24-11-17-5-1-2-7-22-17)14-4-3-6-16(8-14)29-19-20-25-13-28-30(20)18(12-23-19)15-9-26-27-10-15/h1-10,12-13H,11H2,(H,23,29)(H,24,31)(H,26,27). The number of aromatic amines is 1. The third-order valence-corrected chi connectivity index (χ3v) is 4.64. The number of nitrogens with one attached hydrogen (secondary N) is 3. The first-order valence-electron chi connectivity index (χ1n) is 9.51. The summed E-state index contributed by atoms with van der Waals surface area (Å²) in [5.41, 5.74) is 4.19. The van der Waals surface area contributed by atoms with Gasteiger partial charge in [-0.2, -0.15) is 10.2 Å². The maximum atomic E-state index is 12.6. The van der Waals surface area contributed by atoms with Gasteiger partial charge in [-0.25, -0.2) is 14.5 Å². The van der Waals surface area contributed by atoms with E-state index in [9.17, 15) is 4.79 Å². The van der Waals surface area contributed by atoms with Crippen LogP contribution in [0.5, 0.6) is 0 Å². The molecule has 0 bridgehead atoms. The number of H-pyrrole nitrogens is 1. The van der Waals surface area contributed by atoms with Crippen molar-refractivity contribution in [2.45, 2.75) is 6.54 Å². The predicted octanol–water partition coefficient (Wildman–Crippen LogP) is 2.58. The number of hydrogen-bond donors (Lipinski definition) is 3. The molecule has 0 aliphatic heterocycles. The minimum atomic E-state index is -0.190. The van der Waals surface area contributed by atoms with Gasteiger partial charge < -0.3 is 10.6 Å². The van der Waals surface area contributed by atoms with Crippen LogP contribution < -0.4 is 10.6 Å². The molecule has 0 saturated carbocycles. The van der Waals surface area contributed by atoms with Gasteiger partial charge in [-0.05, 0) is 30.3 Å². The van der Waals surface area contributed by atoms with Crippen LogP contribution in [0.25, 0.3) is 16.9 Å². The van der Waals surface area contributed by atoms with E-state index in [2.05, 4.69) is 40.9 Å². The minimum absolute atomic E-state index is 0.190. The number of pyridine rings is 1. The van der Waals surface area contributed by atoms with E-state index in [0.717, 1.165) is 17.0 Å². The molecule has 31 heavy (non-hydrogen) atoms. The smallest absolute Gasteiger partial charge is 0.251 e. The maximum absolute atomic E-state index is 12.6. The second-order valence-corrected chi connectivity index (χ2v) is 6.68. The lowest BCUT2D eigenvalue weighted by molar-refractivity contribution is 0.0950. The van der Waals surface area contributed by atoms with Gasteiger partial charge in [0, 0.05) is 29.2 Å². The molecule has 0 atom stereocenters. The normalized spacial score (nSPS) is 10.8. The molecule has 1 aromatic carbocycles. The molecule has 10 nitrogen and oxygen atoms in total. The predicted molar refractivity (Wildman–Crippen MR) is 113 cm³/mol. The van der Waals surface area contributed by atoms with Crippen LogP contribution in [-0.4, -0.2) is 40.7 Å². The summed E-state index contributed by atoms with van der Waals surface area (Å²) in [6, 6.07) is 12.7. The van der Waals surface area contributed by atoms with Crippen LogP contribution in [0.1, 0.15) is 16.1 Å². The Kier molecular flexibility index (Phi) is 4.77. The molecule has 3 N–H and O–H groups in total. The van der Waals surface area contributed by atoms with Crippen molar-refractivity contribution >= 4 is 23.1 Å². The summed E-state index contributed by atoms with van der Waals surface area (Å²) in [4.78, 5) is 25.6. The highest BCUT2D eigenvalue weighted by atomic mass is 16.1. The van der Waals surface area contributed by atoms with Crippen molar-refractivity contribution in [1.82, 2.24) is 40.1 Å². The maximum Gasteiger partial charge on any atom is 0.251 e. The fraction of sp³-hybridized carbons (Fsp3) is 0.0476. The highest BCUT2D eigenvalue weighted by Gasteiger charge is 2.13. The van der Waals surface area contributed by atoms with Gasteiger partial charge in [0.25, 0.3) is 5.91 Å². The zero-order valence-electron chi connectivity index (χ0n) is 16.2. The number of nitrogens with zero attached hydrogens (tertiary/aromatic N) is 6. The van der Waals surface area contributed by atoms with Crippen LogP contribution in [0.15, 0.2) is 73.6 Å². The van der Waals surface area contributed by atoms with Crippen LogP contribution in [-0.2, 0) is 6.54 Å². The van der Waals surface area contributed by atoms with Crippen LogP contribution >= 0.6 is 0 Å². The van der Waals surface area contributed by atoms with E-state index in [-0.39, 0.29) is 5.91 Å². The zero-order chi connectivity index (χ0) is 21.0. The number of carbonyl (C=O) groups is 1. The average Bonchev–Trinajstić information content (AvgIpc) is 3.51. The van der Waals surface area contributed by atoms with Crippen molar-refractivity contribution in [3.63, 3.8) is 0 Å². The number of anilines is 2. The van der Waals surface area contributed by atoms with Gasteiger partial charge in [0.15, 0.2) is 11.5 Å². The fourth-order valence-electron chi connectivity index (χ4n) is 3.14. The average molecular weight is 411 g/mol. The molecule has 0 spiro atoms. The third kappa shape index (κ3) is 3.81. The van der Waals surface area contributed by atoms with Crippen LogP contribution in [0.2, 0.25) is 0 Å². The molecule has 152 valence electrons. The molecule has 0 unspecified atom stereocenters. The van der Waals surface area contributed by atoms with E-state index in [0.29, 0.717) is 29.3 Å². The molecule has 10 heteroatoms. The molecule has 1 amide bonds. The quantitative estimate of drug-likeness (QED) is 0.392. The van der Waals surface area contributed by atoms with E-state index < -0.39 is 0 Å². The molecule has 0 fully saturated rings. The summed E-state index contributed by atoms with van der Waals surface area (Å²) < 4.78 is 1.68. The summed E-state index contributed by atoms with van der Waals surface area (Å²) in [7, 11) is 0. The SMILES string of the molecule is O=C(NCc1ccccn1)c1cccc(Nc2ncc(-c3cn[nH]c3)n3ncnc23)c1. The molecule has 0 radical (unpaired) electrons. The van der Waals surface area contributed by atoms with Gasteiger partial charge >= 0.3 is 0 Å². The van der Waals surface area contributed by atoms with Gasteiger partial charge in [0.1, 0.15) is 6.33 Å². The van der Waals surface area contributed by atoms with Gasteiger partial charge in [-0.15, -0.1) is 0 Å². The summed E-state index contributed by atoms with van der Waals surface area (Å²) in [5.74, 6) is 0.334. The number of carbonyl (C=O) groups excluding carboxylic acids is 1. The summed E-state index contributed by atoms with van der Waals surface area (Å²) in [5, 5.41) is 17.1. The second kappa shape index (κ2) is 8.03. The van der Waals surface area contributed by atoms with E-state index in [1.807, 2.05) is 24.3 Å². The van der Waals surface area contributed by atoms with Crippen LogP contribution in [0.4, 0.5) is 11.5 Å². The highest BCUT2D eigenvalue weighted by molar-refractivity contribution is 5.95. The Morgan fingerprint density at radius 3 is 2.87 bits per heavy atom. The van der Waals surface area contributed by atoms with Crippen molar-refractivity contribution < 1.29 is 4.79 Å². The number of fused-ring (bicyclic) bond motifs is 1. The Labute approximate surface area is 176 Å². The number of hydrogen-bond acceptors (Lipinski definition) is 7. The molecule has 0 saturated heterocycles. The number of amides is 1. The van der Waals surface area contributed by atoms with Gasteiger partial charge in [-0.1, -0.05) is 12.1 Å². The van der Waals surface area contributed by atoms with Gasteiger partial charge in [0.2, 0.25) is 0 Å². The Hall–Kier alpha value is -4.60. The third-order valence-electron chi connectivity index (χ3n) is 4.64. The largest absolute Gasteiger partial charge is 0.346 e. The Morgan fingerprint density at radius 1 is 1.06 bits per heavy atom. The van der Waals surface area contributed by atoms with Crippen molar-refractivity contribution in [2.24, 2.45) is 0 Å². The van der Waals surface area contributed by atoms with E-state index in [4.69, 9.17) is 0 Å². The van der Waals surface area contributed by atoms with Crippen molar-refractivity contribution in [1.29, 1.82) is 0 Å². The molecule has 4 aromatic heterocycles. The zero-order valence-corrected chi connectivity index (χ0v) is 16.2. The Bertz CT molecular complexity index is 1330. The molecular formula is C21H17N9O. The van der Waals surface area contributed by atoms with Crippen molar-refractivity contribution in [3.8, 4) is 11.3 Å². The monoisotopic (exact) mass is 411 g/mol. The van der Waals surface area contributed by atoms with Crippen LogP contribution in [0, 0.1) is 0 Å². The lowest BCUT2D eigenvalue weighted by Crippen LogP contribution is -2.23. The van der Waals surface area contributed by atoms with E-state index >= 15 is 0 Å². The van der Waals surface area contributed by atoms with Crippen molar-refractivity contribution in [2.75, 3.05) is 5.32 Å². The molecule has 5 aromatic rings. The Morgan fingerprint density at radius 2 is 2.03 bits per heavy atom.